The second kappa shape index (κ2) is 8.14. The van der Waals surface area contributed by atoms with Gasteiger partial charge in [-0.25, -0.2) is 13.2 Å². The van der Waals surface area contributed by atoms with Gasteiger partial charge in [-0.05, 0) is 93.2 Å². The third-order valence-corrected chi connectivity index (χ3v) is 6.76. The van der Waals surface area contributed by atoms with Gasteiger partial charge in [-0.2, -0.15) is 0 Å². The first kappa shape index (κ1) is 18.8. The van der Waals surface area contributed by atoms with E-state index in [-0.39, 0.29) is 0 Å². The van der Waals surface area contributed by atoms with Crippen LogP contribution < -0.4 is 0 Å². The quantitative estimate of drug-likeness (QED) is 0.520. The lowest BCUT2D eigenvalue weighted by atomic mass is 9.67. The molecule has 2 aliphatic rings. The molecule has 3 heteroatoms. The van der Waals surface area contributed by atoms with Gasteiger partial charge in [-0.3, -0.25) is 0 Å². The van der Waals surface area contributed by atoms with Crippen LogP contribution >= 0.6 is 0 Å². The Balaban J connectivity index is 1.49. The molecule has 0 spiro atoms. The molecule has 0 amide bonds. The molecular formula is C22H31F3. The molecule has 25 heavy (non-hydrogen) atoms. The highest BCUT2D eigenvalue weighted by molar-refractivity contribution is 5.22. The predicted molar refractivity (Wildman–Crippen MR) is 96.4 cm³/mol. The van der Waals surface area contributed by atoms with Gasteiger partial charge in [-0.15, -0.1) is 0 Å². The Bertz CT molecular complexity index is 552. The van der Waals surface area contributed by atoms with Crippen LogP contribution in [0.2, 0.25) is 0 Å². The van der Waals surface area contributed by atoms with E-state index >= 15 is 0 Å². The van der Waals surface area contributed by atoms with Crippen molar-refractivity contribution in [1.29, 1.82) is 0 Å². The second-order valence-electron chi connectivity index (χ2n) is 8.38. The van der Waals surface area contributed by atoms with Crippen LogP contribution in [0.25, 0.3) is 0 Å². The van der Waals surface area contributed by atoms with Crippen molar-refractivity contribution in [3.8, 4) is 0 Å². The molecule has 0 heterocycles. The Kier molecular flexibility index (Phi) is 6.12. The summed E-state index contributed by atoms with van der Waals surface area (Å²) < 4.78 is 41.3. The summed E-state index contributed by atoms with van der Waals surface area (Å²) in [6.45, 7) is 2.13. The molecule has 3 rings (SSSR count). The first-order valence-corrected chi connectivity index (χ1v) is 10.1. The third-order valence-electron chi connectivity index (χ3n) is 6.76. The molecule has 2 fully saturated rings. The minimum absolute atomic E-state index is 0.347. The molecule has 0 aromatic heterocycles. The smallest absolute Gasteiger partial charge is 0.159 e. The molecule has 140 valence electrons. The predicted octanol–water partition coefficient (Wildman–Crippen LogP) is 7.33. The van der Waals surface area contributed by atoms with Gasteiger partial charge < -0.3 is 0 Å². The summed E-state index contributed by atoms with van der Waals surface area (Å²) in [5.41, 5.74) is 0.0263. The fourth-order valence-corrected chi connectivity index (χ4v) is 5.06. The van der Waals surface area contributed by atoms with Gasteiger partial charge in [0, 0.05) is 0 Å². The zero-order valence-electron chi connectivity index (χ0n) is 15.4. The number of hydrogen-bond acceptors (Lipinski definition) is 0. The van der Waals surface area contributed by atoms with Gasteiger partial charge in [0.05, 0.1) is 0 Å². The van der Waals surface area contributed by atoms with E-state index in [1.807, 2.05) is 0 Å². The number of hydrogen-bond donors (Lipinski definition) is 0. The van der Waals surface area contributed by atoms with E-state index < -0.39 is 17.3 Å². The van der Waals surface area contributed by atoms with Crippen LogP contribution in [0.15, 0.2) is 18.2 Å². The van der Waals surface area contributed by atoms with Gasteiger partial charge >= 0.3 is 0 Å². The minimum Gasteiger partial charge on any atom is -0.244 e. The number of alkyl halides is 1. The third kappa shape index (κ3) is 4.60. The average Bonchev–Trinajstić information content (AvgIpc) is 2.63. The molecule has 0 saturated heterocycles. The molecule has 1 aromatic carbocycles. The van der Waals surface area contributed by atoms with Crippen LogP contribution in [-0.2, 0) is 0 Å². The first-order valence-electron chi connectivity index (χ1n) is 10.1. The summed E-state index contributed by atoms with van der Waals surface area (Å²) in [6, 6.07) is 4.34. The van der Waals surface area contributed by atoms with Crippen LogP contribution in [0.5, 0.6) is 0 Å². The van der Waals surface area contributed by atoms with E-state index in [1.54, 1.807) is 6.07 Å². The fourth-order valence-electron chi connectivity index (χ4n) is 5.06. The Hall–Kier alpha value is -0.990. The fraction of sp³-hybridized carbons (Fsp3) is 0.727. The molecular weight excluding hydrogens is 321 g/mol. The monoisotopic (exact) mass is 352 g/mol. The van der Waals surface area contributed by atoms with Gasteiger partial charge in [0.15, 0.2) is 11.6 Å². The van der Waals surface area contributed by atoms with E-state index in [9.17, 15) is 13.2 Å². The second-order valence-corrected chi connectivity index (χ2v) is 8.38. The van der Waals surface area contributed by atoms with Crippen molar-refractivity contribution >= 4 is 0 Å². The van der Waals surface area contributed by atoms with Gasteiger partial charge in [0.25, 0.3) is 0 Å². The van der Waals surface area contributed by atoms with Crippen molar-refractivity contribution in [2.75, 3.05) is 0 Å². The number of halogens is 3. The summed E-state index contributed by atoms with van der Waals surface area (Å²) in [4.78, 5) is 0. The lowest BCUT2D eigenvalue weighted by Gasteiger charge is -2.40. The first-order chi connectivity index (χ1) is 12.0. The standard InChI is InChI=1S/C22H31F3/c1-2-3-12-22(25)13-10-18(11-14-22)16-4-6-17(7-5-16)19-8-9-20(23)21(24)15-19/h8-9,15-18H,2-7,10-14H2,1H3. The maximum Gasteiger partial charge on any atom is 0.159 e. The summed E-state index contributed by atoms with van der Waals surface area (Å²) in [5, 5.41) is 0. The zero-order valence-corrected chi connectivity index (χ0v) is 15.4. The molecule has 2 aliphatic carbocycles. The lowest BCUT2D eigenvalue weighted by Crippen LogP contribution is -2.33. The van der Waals surface area contributed by atoms with Crippen molar-refractivity contribution in [2.45, 2.75) is 89.1 Å². The van der Waals surface area contributed by atoms with Crippen molar-refractivity contribution in [3.05, 3.63) is 35.4 Å². The summed E-state index contributed by atoms with van der Waals surface area (Å²) >= 11 is 0. The summed E-state index contributed by atoms with van der Waals surface area (Å²) in [6.07, 6.45) is 10.7. The maximum atomic E-state index is 14.8. The molecule has 0 bridgehead atoms. The van der Waals surface area contributed by atoms with Gasteiger partial charge in [0.2, 0.25) is 0 Å². The largest absolute Gasteiger partial charge is 0.244 e. The van der Waals surface area contributed by atoms with Crippen LogP contribution in [0.4, 0.5) is 13.2 Å². The van der Waals surface area contributed by atoms with E-state index in [0.717, 1.165) is 76.2 Å². The van der Waals surface area contributed by atoms with E-state index in [2.05, 4.69) is 6.92 Å². The zero-order chi connectivity index (χ0) is 17.9. The van der Waals surface area contributed by atoms with E-state index in [0.29, 0.717) is 17.8 Å². The van der Waals surface area contributed by atoms with Gasteiger partial charge in [-0.1, -0.05) is 25.8 Å². The van der Waals surface area contributed by atoms with Crippen LogP contribution in [0.3, 0.4) is 0 Å². The summed E-state index contributed by atoms with van der Waals surface area (Å²) in [7, 11) is 0. The highest BCUT2D eigenvalue weighted by Crippen LogP contribution is 2.46. The summed E-state index contributed by atoms with van der Waals surface area (Å²) in [5.74, 6) is 0.198. The highest BCUT2D eigenvalue weighted by atomic mass is 19.2. The van der Waals surface area contributed by atoms with Crippen molar-refractivity contribution < 1.29 is 13.2 Å². The molecule has 0 atom stereocenters. The average molecular weight is 352 g/mol. The van der Waals surface area contributed by atoms with Crippen molar-refractivity contribution in [3.63, 3.8) is 0 Å². The maximum absolute atomic E-state index is 14.8. The number of unbranched alkanes of at least 4 members (excludes halogenated alkanes) is 1. The Labute approximate surface area is 150 Å². The molecule has 2 saturated carbocycles. The number of benzene rings is 1. The van der Waals surface area contributed by atoms with Crippen LogP contribution in [-0.4, -0.2) is 5.67 Å². The van der Waals surface area contributed by atoms with E-state index in [4.69, 9.17) is 0 Å². The lowest BCUT2D eigenvalue weighted by molar-refractivity contribution is 0.0486. The Morgan fingerprint density at radius 3 is 2.16 bits per heavy atom. The van der Waals surface area contributed by atoms with Gasteiger partial charge in [0.1, 0.15) is 5.67 Å². The minimum atomic E-state index is -0.907. The Morgan fingerprint density at radius 2 is 1.56 bits per heavy atom. The van der Waals surface area contributed by atoms with Crippen molar-refractivity contribution in [2.24, 2.45) is 11.8 Å². The van der Waals surface area contributed by atoms with Crippen molar-refractivity contribution in [1.82, 2.24) is 0 Å². The topological polar surface area (TPSA) is 0 Å². The SMILES string of the molecule is CCCCC1(F)CCC(C2CCC(c3ccc(F)c(F)c3)CC2)CC1. The van der Waals surface area contributed by atoms with Crippen LogP contribution in [0, 0.1) is 23.5 Å². The van der Waals surface area contributed by atoms with E-state index in [1.165, 1.54) is 12.1 Å². The Morgan fingerprint density at radius 1 is 0.920 bits per heavy atom. The number of rotatable bonds is 5. The molecule has 0 N–H and O–H groups in total. The normalized spacial score (nSPS) is 33.4. The van der Waals surface area contributed by atoms with Crippen LogP contribution in [0.1, 0.15) is 89.0 Å². The molecule has 0 aliphatic heterocycles. The molecule has 0 nitrogen and oxygen atoms in total. The molecule has 0 unspecified atom stereocenters. The molecule has 1 aromatic rings. The highest BCUT2D eigenvalue weighted by Gasteiger charge is 2.38. The molecule has 0 radical (unpaired) electrons.